The normalized spacial score (nSPS) is 32.5. The van der Waals surface area contributed by atoms with Gasteiger partial charge in [0.15, 0.2) is 23.8 Å². The van der Waals surface area contributed by atoms with Gasteiger partial charge in [-0.3, -0.25) is 4.79 Å². The van der Waals surface area contributed by atoms with Crippen molar-refractivity contribution in [2.45, 2.75) is 55.6 Å². The number of hydrogen-bond acceptors (Lipinski definition) is 13. The number of Topliss-reactive ketones (excluding diaryl/α,β-unsaturated/α-hetero) is 1. The summed E-state index contributed by atoms with van der Waals surface area (Å²) < 4.78 is 27.5. The number of carbonyl (C=O) groups excluding carboxylic acids is 2. The smallest absolute Gasteiger partial charge is 0.338 e. The number of carbonyl (C=O) groups is 2. The molecule has 0 bridgehead atoms. The molecule has 0 spiro atoms. The number of phenols is 1. The minimum atomic E-state index is -2.08. The summed E-state index contributed by atoms with van der Waals surface area (Å²) in [6.45, 7) is -0.431. The van der Waals surface area contributed by atoms with Gasteiger partial charge in [-0.2, -0.15) is 0 Å². The Morgan fingerprint density at radius 2 is 1.62 bits per heavy atom. The van der Waals surface area contributed by atoms with Crippen molar-refractivity contribution in [3.05, 3.63) is 59.7 Å². The van der Waals surface area contributed by atoms with Crippen molar-refractivity contribution in [1.82, 2.24) is 0 Å². The fourth-order valence-electron chi connectivity index (χ4n) is 4.12. The van der Waals surface area contributed by atoms with Gasteiger partial charge in [-0.05, 0) is 55.5 Å². The van der Waals surface area contributed by atoms with Crippen molar-refractivity contribution in [2.24, 2.45) is 0 Å². The van der Waals surface area contributed by atoms with Gasteiger partial charge in [0.1, 0.15) is 42.5 Å². The van der Waals surface area contributed by atoms with E-state index in [1.165, 1.54) is 55.5 Å². The Morgan fingerprint density at radius 1 is 0.974 bits per heavy atom. The number of ketones is 1. The van der Waals surface area contributed by atoms with Crippen molar-refractivity contribution in [3.8, 4) is 11.5 Å². The highest BCUT2D eigenvalue weighted by molar-refractivity contribution is 5.94. The van der Waals surface area contributed by atoms with Gasteiger partial charge in [-0.1, -0.05) is 0 Å². The Morgan fingerprint density at radius 3 is 2.23 bits per heavy atom. The van der Waals surface area contributed by atoms with Crippen LogP contribution in [-0.2, 0) is 18.9 Å². The van der Waals surface area contributed by atoms with Crippen LogP contribution in [0.1, 0.15) is 27.6 Å². The summed E-state index contributed by atoms with van der Waals surface area (Å²) in [7, 11) is 0. The minimum Gasteiger partial charge on any atom is -0.508 e. The molecular formula is C26H30O13. The summed E-state index contributed by atoms with van der Waals surface area (Å²) in [5.41, 5.74) is -1.55. The summed E-state index contributed by atoms with van der Waals surface area (Å²) in [5.74, 6) is -0.823. The van der Waals surface area contributed by atoms with Crippen LogP contribution in [0.2, 0.25) is 0 Å². The maximum atomic E-state index is 12.3. The maximum absolute atomic E-state index is 12.3. The first-order chi connectivity index (χ1) is 18.5. The van der Waals surface area contributed by atoms with E-state index < -0.39 is 74.5 Å². The molecule has 2 saturated heterocycles. The van der Waals surface area contributed by atoms with Gasteiger partial charge >= 0.3 is 5.97 Å². The topological polar surface area (TPSA) is 202 Å². The number of aromatic hydroxyl groups is 1. The lowest BCUT2D eigenvalue weighted by Crippen LogP contribution is -2.62. The number of benzene rings is 2. The Balaban J connectivity index is 1.44. The van der Waals surface area contributed by atoms with Gasteiger partial charge in [0.2, 0.25) is 6.29 Å². The first-order valence-electron chi connectivity index (χ1n) is 12.1. The van der Waals surface area contributed by atoms with Gasteiger partial charge in [-0.25, -0.2) is 4.79 Å². The third-order valence-corrected chi connectivity index (χ3v) is 6.49. The molecule has 39 heavy (non-hydrogen) atoms. The third-order valence-electron chi connectivity index (χ3n) is 6.49. The first kappa shape index (κ1) is 28.9. The number of aliphatic hydroxyl groups is 5. The molecule has 212 valence electrons. The monoisotopic (exact) mass is 550 g/mol. The Labute approximate surface area is 222 Å². The molecule has 2 fully saturated rings. The van der Waals surface area contributed by atoms with Crippen LogP contribution in [0.4, 0.5) is 0 Å². The molecule has 0 aromatic heterocycles. The standard InChI is InChI=1S/C26H30O13/c1-13(28)14-4-8-17(9-5-14)37-24-21(20(31)19(30)18(10-27)38-24)39-25-22(32)26(34,12-36-25)11-35-23(33)15-2-6-16(29)7-3-15/h2-9,18-22,24-25,27,29-32,34H,10-12H2,1H3/t18-,19-,20+,21-,22+,24-,25+,26-/m1/s1. The Bertz CT molecular complexity index is 1140. The predicted octanol–water partition coefficient (Wildman–Crippen LogP) is -0.897. The van der Waals surface area contributed by atoms with Crippen molar-refractivity contribution in [3.63, 3.8) is 0 Å². The molecule has 0 unspecified atom stereocenters. The van der Waals surface area contributed by atoms with E-state index in [0.717, 1.165) is 0 Å². The maximum Gasteiger partial charge on any atom is 0.338 e. The number of rotatable bonds is 9. The van der Waals surface area contributed by atoms with Gasteiger partial charge in [0.25, 0.3) is 0 Å². The van der Waals surface area contributed by atoms with Crippen LogP contribution in [-0.4, -0.2) is 111 Å². The molecule has 0 amide bonds. The quantitative estimate of drug-likeness (QED) is 0.166. The lowest BCUT2D eigenvalue weighted by atomic mass is 9.98. The van der Waals surface area contributed by atoms with Gasteiger partial charge < -0.3 is 54.3 Å². The van der Waals surface area contributed by atoms with Crippen LogP contribution >= 0.6 is 0 Å². The Hall–Kier alpha value is -3.14. The molecule has 2 aromatic rings. The second-order valence-corrected chi connectivity index (χ2v) is 9.36. The molecule has 0 radical (unpaired) electrons. The highest BCUT2D eigenvalue weighted by Crippen LogP contribution is 2.32. The Kier molecular flexibility index (Phi) is 8.83. The average Bonchev–Trinajstić information content (AvgIpc) is 3.20. The average molecular weight is 551 g/mol. The van der Waals surface area contributed by atoms with E-state index in [1.54, 1.807) is 0 Å². The molecule has 2 aromatic carbocycles. The molecule has 2 heterocycles. The van der Waals surface area contributed by atoms with Crippen molar-refractivity contribution < 1.29 is 63.9 Å². The zero-order valence-electron chi connectivity index (χ0n) is 20.8. The van der Waals surface area contributed by atoms with E-state index in [9.17, 15) is 40.2 Å². The molecule has 2 aliphatic rings. The zero-order chi connectivity index (χ0) is 28.3. The molecule has 0 saturated carbocycles. The molecule has 8 atom stereocenters. The number of ether oxygens (including phenoxy) is 5. The van der Waals surface area contributed by atoms with Crippen LogP contribution < -0.4 is 4.74 Å². The van der Waals surface area contributed by atoms with Crippen molar-refractivity contribution in [1.29, 1.82) is 0 Å². The molecular weight excluding hydrogens is 520 g/mol. The van der Waals surface area contributed by atoms with Gasteiger partial charge in [0.05, 0.1) is 18.8 Å². The lowest BCUT2D eigenvalue weighted by Gasteiger charge is -2.42. The van der Waals surface area contributed by atoms with Crippen LogP contribution in [0.3, 0.4) is 0 Å². The number of hydrogen-bond donors (Lipinski definition) is 6. The second kappa shape index (κ2) is 11.9. The lowest BCUT2D eigenvalue weighted by molar-refractivity contribution is -0.318. The molecule has 13 nitrogen and oxygen atoms in total. The number of esters is 1. The van der Waals surface area contributed by atoms with Crippen LogP contribution in [0.15, 0.2) is 48.5 Å². The fourth-order valence-corrected chi connectivity index (χ4v) is 4.12. The second-order valence-electron chi connectivity index (χ2n) is 9.36. The van der Waals surface area contributed by atoms with Crippen LogP contribution in [0.5, 0.6) is 11.5 Å². The van der Waals surface area contributed by atoms with Crippen molar-refractivity contribution >= 4 is 11.8 Å². The van der Waals surface area contributed by atoms with E-state index in [4.69, 9.17) is 23.7 Å². The summed E-state index contributed by atoms with van der Waals surface area (Å²) >= 11 is 0. The van der Waals surface area contributed by atoms with E-state index in [1.807, 2.05) is 0 Å². The van der Waals surface area contributed by atoms with Crippen LogP contribution in [0.25, 0.3) is 0 Å². The molecule has 4 rings (SSSR count). The van der Waals surface area contributed by atoms with Gasteiger partial charge in [-0.15, -0.1) is 0 Å². The fraction of sp³-hybridized carbons (Fsp3) is 0.462. The molecule has 2 aliphatic heterocycles. The van der Waals surface area contributed by atoms with E-state index >= 15 is 0 Å². The summed E-state index contributed by atoms with van der Waals surface area (Å²) in [6.07, 6.45) is -10.7. The van der Waals surface area contributed by atoms with Crippen LogP contribution in [0, 0.1) is 0 Å². The molecule has 6 N–H and O–H groups in total. The van der Waals surface area contributed by atoms with E-state index in [-0.39, 0.29) is 22.8 Å². The SMILES string of the molecule is CC(=O)c1ccc(O[C@@H]2O[C@H](CO)[C@@H](O)[C@H](O)[C@H]2O[C@@H]2OC[C@](O)(COC(=O)c3ccc(O)cc3)[C@H]2O)cc1. The summed E-state index contributed by atoms with van der Waals surface area (Å²) in [4.78, 5) is 23.8. The number of aliphatic hydroxyl groups excluding tert-OH is 4. The third kappa shape index (κ3) is 6.37. The van der Waals surface area contributed by atoms with E-state index in [0.29, 0.717) is 5.56 Å². The molecule has 0 aliphatic carbocycles. The summed E-state index contributed by atoms with van der Waals surface area (Å²) in [5, 5.41) is 61.6. The predicted molar refractivity (Wildman–Crippen MR) is 129 cm³/mol. The van der Waals surface area contributed by atoms with Crippen molar-refractivity contribution in [2.75, 3.05) is 19.8 Å². The van der Waals surface area contributed by atoms with Gasteiger partial charge in [0, 0.05) is 5.56 Å². The summed E-state index contributed by atoms with van der Waals surface area (Å²) in [6, 6.07) is 11.2. The highest BCUT2D eigenvalue weighted by atomic mass is 16.8. The molecule has 13 heteroatoms. The zero-order valence-corrected chi connectivity index (χ0v) is 20.8. The largest absolute Gasteiger partial charge is 0.508 e. The first-order valence-corrected chi connectivity index (χ1v) is 12.1. The van der Waals surface area contributed by atoms with E-state index in [2.05, 4.69) is 0 Å². The highest BCUT2D eigenvalue weighted by Gasteiger charge is 2.54. The number of phenolic OH excluding ortho intramolecular Hbond substituents is 1. The minimum absolute atomic E-state index is 0.0514.